The molecule has 0 spiro atoms. The van der Waals surface area contributed by atoms with Gasteiger partial charge in [-0.25, -0.2) is 9.97 Å². The first-order valence-electron chi connectivity index (χ1n) is 5.35. The Kier molecular flexibility index (Phi) is 4.08. The SMILES string of the molecule is COCc1cc(C(=O)Nc2nc(C)cc(Cl)n2)no1. The molecule has 0 aliphatic carbocycles. The van der Waals surface area contributed by atoms with Crippen molar-refractivity contribution in [1.82, 2.24) is 15.1 Å². The van der Waals surface area contributed by atoms with E-state index in [4.69, 9.17) is 20.9 Å². The number of carbonyl (C=O) groups is 1. The standard InChI is InChI=1S/C11H11ClN4O3/c1-6-3-9(12)14-11(13-6)15-10(17)8-4-7(5-18-2)19-16-8/h3-4H,5H2,1-2H3,(H,13,14,15,17). The third-order valence-corrected chi connectivity index (χ3v) is 2.32. The minimum atomic E-state index is -0.479. The molecule has 100 valence electrons. The highest BCUT2D eigenvalue weighted by molar-refractivity contribution is 6.29. The second-order valence-electron chi connectivity index (χ2n) is 3.72. The summed E-state index contributed by atoms with van der Waals surface area (Å²) >= 11 is 5.77. The normalized spacial score (nSPS) is 10.5. The van der Waals surface area contributed by atoms with Crippen molar-refractivity contribution in [3.8, 4) is 0 Å². The minimum absolute atomic E-state index is 0.117. The first-order valence-corrected chi connectivity index (χ1v) is 5.73. The Morgan fingerprint density at radius 2 is 2.26 bits per heavy atom. The van der Waals surface area contributed by atoms with Crippen molar-refractivity contribution in [1.29, 1.82) is 0 Å². The molecular weight excluding hydrogens is 272 g/mol. The van der Waals surface area contributed by atoms with Crippen molar-refractivity contribution >= 4 is 23.5 Å². The smallest absolute Gasteiger partial charge is 0.280 e. The Balaban J connectivity index is 2.11. The zero-order valence-corrected chi connectivity index (χ0v) is 11.1. The summed E-state index contributed by atoms with van der Waals surface area (Å²) in [6, 6.07) is 3.07. The summed E-state index contributed by atoms with van der Waals surface area (Å²) in [5.74, 6) is 0.0925. The first kappa shape index (κ1) is 13.4. The Hall–Kier alpha value is -1.99. The average Bonchev–Trinajstić information content (AvgIpc) is 2.76. The Bertz CT molecular complexity index is 579. The molecule has 2 rings (SSSR count). The van der Waals surface area contributed by atoms with Gasteiger partial charge in [0.15, 0.2) is 11.5 Å². The van der Waals surface area contributed by atoms with E-state index in [1.807, 2.05) is 0 Å². The molecule has 0 fully saturated rings. The second-order valence-corrected chi connectivity index (χ2v) is 4.11. The van der Waals surface area contributed by atoms with Crippen LogP contribution in [0, 0.1) is 6.92 Å². The van der Waals surface area contributed by atoms with Crippen molar-refractivity contribution in [3.05, 3.63) is 34.4 Å². The number of carbonyl (C=O) groups excluding carboxylic acids is 1. The van der Waals surface area contributed by atoms with Crippen LogP contribution in [0.1, 0.15) is 21.9 Å². The fraction of sp³-hybridized carbons (Fsp3) is 0.273. The highest BCUT2D eigenvalue weighted by Crippen LogP contribution is 2.11. The molecule has 2 aromatic heterocycles. The lowest BCUT2D eigenvalue weighted by Gasteiger charge is -2.02. The van der Waals surface area contributed by atoms with E-state index >= 15 is 0 Å². The highest BCUT2D eigenvalue weighted by atomic mass is 35.5. The summed E-state index contributed by atoms with van der Waals surface area (Å²) < 4.78 is 9.77. The van der Waals surface area contributed by atoms with Crippen molar-refractivity contribution in [3.63, 3.8) is 0 Å². The number of methoxy groups -OCH3 is 1. The molecule has 19 heavy (non-hydrogen) atoms. The molecule has 2 aromatic rings. The lowest BCUT2D eigenvalue weighted by Crippen LogP contribution is -2.14. The minimum Gasteiger partial charge on any atom is -0.377 e. The zero-order chi connectivity index (χ0) is 13.8. The molecule has 1 amide bonds. The fourth-order valence-electron chi connectivity index (χ4n) is 1.38. The van der Waals surface area contributed by atoms with E-state index in [-0.39, 0.29) is 23.4 Å². The van der Waals surface area contributed by atoms with Gasteiger partial charge in [0.2, 0.25) is 5.95 Å². The average molecular weight is 283 g/mol. The van der Waals surface area contributed by atoms with Gasteiger partial charge < -0.3 is 9.26 Å². The largest absolute Gasteiger partial charge is 0.377 e. The summed E-state index contributed by atoms with van der Waals surface area (Å²) in [4.78, 5) is 19.8. The number of anilines is 1. The predicted molar refractivity (Wildman–Crippen MR) is 66.9 cm³/mol. The molecule has 0 atom stereocenters. The molecule has 0 unspecified atom stereocenters. The van der Waals surface area contributed by atoms with Gasteiger partial charge in [-0.05, 0) is 13.0 Å². The van der Waals surface area contributed by atoms with Crippen LogP contribution in [-0.4, -0.2) is 28.1 Å². The number of hydrogen-bond acceptors (Lipinski definition) is 6. The number of rotatable bonds is 4. The number of halogens is 1. The van der Waals surface area contributed by atoms with Gasteiger partial charge in [-0.15, -0.1) is 0 Å². The Labute approximate surface area is 113 Å². The molecule has 0 saturated heterocycles. The van der Waals surface area contributed by atoms with Crippen LogP contribution in [0.2, 0.25) is 5.15 Å². The number of ether oxygens (including phenoxy) is 1. The Morgan fingerprint density at radius 1 is 1.47 bits per heavy atom. The van der Waals surface area contributed by atoms with Crippen LogP contribution < -0.4 is 5.32 Å². The topological polar surface area (TPSA) is 90.1 Å². The van der Waals surface area contributed by atoms with Gasteiger partial charge in [0, 0.05) is 18.9 Å². The quantitative estimate of drug-likeness (QED) is 0.860. The lowest BCUT2D eigenvalue weighted by molar-refractivity contribution is 0.101. The van der Waals surface area contributed by atoms with Crippen LogP contribution in [0.15, 0.2) is 16.7 Å². The van der Waals surface area contributed by atoms with Gasteiger partial charge in [0.25, 0.3) is 5.91 Å². The van der Waals surface area contributed by atoms with E-state index in [9.17, 15) is 4.79 Å². The molecule has 0 aliphatic rings. The van der Waals surface area contributed by atoms with Crippen LogP contribution in [0.3, 0.4) is 0 Å². The lowest BCUT2D eigenvalue weighted by atomic mass is 10.3. The molecule has 0 aliphatic heterocycles. The monoisotopic (exact) mass is 282 g/mol. The number of hydrogen-bond donors (Lipinski definition) is 1. The molecule has 1 N–H and O–H groups in total. The number of nitrogens with one attached hydrogen (secondary N) is 1. The number of nitrogens with zero attached hydrogens (tertiary/aromatic N) is 3. The van der Waals surface area contributed by atoms with E-state index in [1.54, 1.807) is 13.0 Å². The molecule has 2 heterocycles. The molecular formula is C11H11ClN4O3. The van der Waals surface area contributed by atoms with Crippen molar-refractivity contribution in [2.75, 3.05) is 12.4 Å². The van der Waals surface area contributed by atoms with Crippen molar-refractivity contribution < 1.29 is 14.1 Å². The van der Waals surface area contributed by atoms with E-state index < -0.39 is 5.91 Å². The second kappa shape index (κ2) is 5.77. The number of aryl methyl sites for hydroxylation is 1. The maximum atomic E-state index is 11.9. The summed E-state index contributed by atoms with van der Waals surface area (Å²) in [7, 11) is 1.52. The van der Waals surface area contributed by atoms with Crippen LogP contribution in [-0.2, 0) is 11.3 Å². The molecule has 0 radical (unpaired) electrons. The van der Waals surface area contributed by atoms with Gasteiger partial charge in [0.05, 0.1) is 0 Å². The maximum Gasteiger partial charge on any atom is 0.280 e. The van der Waals surface area contributed by atoms with E-state index in [1.165, 1.54) is 13.2 Å². The zero-order valence-electron chi connectivity index (χ0n) is 10.3. The molecule has 0 saturated carbocycles. The van der Waals surface area contributed by atoms with Gasteiger partial charge >= 0.3 is 0 Å². The van der Waals surface area contributed by atoms with Crippen LogP contribution in [0.25, 0.3) is 0 Å². The highest BCUT2D eigenvalue weighted by Gasteiger charge is 2.14. The van der Waals surface area contributed by atoms with E-state index in [0.29, 0.717) is 11.5 Å². The van der Waals surface area contributed by atoms with E-state index in [0.717, 1.165) is 0 Å². The fourth-order valence-corrected chi connectivity index (χ4v) is 1.62. The summed E-state index contributed by atoms with van der Waals surface area (Å²) in [5, 5.41) is 6.36. The van der Waals surface area contributed by atoms with Crippen molar-refractivity contribution in [2.24, 2.45) is 0 Å². The van der Waals surface area contributed by atoms with Gasteiger partial charge in [0.1, 0.15) is 11.8 Å². The van der Waals surface area contributed by atoms with Crippen LogP contribution in [0.5, 0.6) is 0 Å². The van der Waals surface area contributed by atoms with Gasteiger partial charge in [-0.1, -0.05) is 16.8 Å². The number of amides is 1. The molecule has 0 bridgehead atoms. The molecule has 8 heteroatoms. The first-order chi connectivity index (χ1) is 9.08. The molecule has 7 nitrogen and oxygen atoms in total. The summed E-state index contributed by atoms with van der Waals surface area (Å²) in [5.41, 5.74) is 0.767. The van der Waals surface area contributed by atoms with Gasteiger partial charge in [-0.2, -0.15) is 0 Å². The Morgan fingerprint density at radius 3 is 2.95 bits per heavy atom. The number of aromatic nitrogens is 3. The van der Waals surface area contributed by atoms with Crippen molar-refractivity contribution in [2.45, 2.75) is 13.5 Å². The summed E-state index contributed by atoms with van der Waals surface area (Å²) in [6.07, 6.45) is 0. The summed E-state index contributed by atoms with van der Waals surface area (Å²) in [6.45, 7) is 1.99. The van der Waals surface area contributed by atoms with Crippen LogP contribution in [0.4, 0.5) is 5.95 Å². The third-order valence-electron chi connectivity index (χ3n) is 2.13. The third kappa shape index (κ3) is 3.49. The van der Waals surface area contributed by atoms with Gasteiger partial charge in [-0.3, -0.25) is 10.1 Å². The van der Waals surface area contributed by atoms with E-state index in [2.05, 4.69) is 20.4 Å². The molecule has 0 aromatic carbocycles. The predicted octanol–water partition coefficient (Wildman–Crippen LogP) is 1.83. The maximum absolute atomic E-state index is 11.9. The van der Waals surface area contributed by atoms with Crippen LogP contribution >= 0.6 is 11.6 Å².